The second kappa shape index (κ2) is 2.81. The Morgan fingerprint density at radius 3 is 2.25 bits per heavy atom. The fourth-order valence-electron chi connectivity index (χ4n) is 1.65. The standard InChI is InChI=1S/C9H15NO2/c1-4-10(8(11)12)9(5-6-9)7(2)3/h2,4-6H2,1,3H3,(H,11,12)/p-1. The first kappa shape index (κ1) is 9.10. The Bertz CT molecular complexity index is 219. The molecule has 0 radical (unpaired) electrons. The molecule has 0 saturated heterocycles. The van der Waals surface area contributed by atoms with Gasteiger partial charge >= 0.3 is 0 Å². The number of hydrogen-bond acceptors (Lipinski definition) is 2. The van der Waals surface area contributed by atoms with Crippen molar-refractivity contribution >= 4 is 6.09 Å². The van der Waals surface area contributed by atoms with Gasteiger partial charge in [0, 0.05) is 6.54 Å². The van der Waals surface area contributed by atoms with E-state index in [0.717, 1.165) is 18.4 Å². The van der Waals surface area contributed by atoms with E-state index in [9.17, 15) is 9.90 Å². The van der Waals surface area contributed by atoms with Gasteiger partial charge in [-0.2, -0.15) is 0 Å². The summed E-state index contributed by atoms with van der Waals surface area (Å²) in [7, 11) is 0. The molecule has 0 aliphatic heterocycles. The number of carbonyl (C=O) groups excluding carboxylic acids is 1. The molecule has 3 nitrogen and oxygen atoms in total. The predicted molar refractivity (Wildman–Crippen MR) is 44.6 cm³/mol. The lowest BCUT2D eigenvalue weighted by Gasteiger charge is -2.33. The average molecular weight is 168 g/mol. The van der Waals surface area contributed by atoms with E-state index in [1.54, 1.807) is 0 Å². The molecule has 3 heteroatoms. The lowest BCUT2D eigenvalue weighted by Crippen LogP contribution is -2.49. The average Bonchev–Trinajstić information content (AvgIpc) is 2.69. The van der Waals surface area contributed by atoms with Gasteiger partial charge in [0.25, 0.3) is 0 Å². The third kappa shape index (κ3) is 1.19. The summed E-state index contributed by atoms with van der Waals surface area (Å²) in [6.45, 7) is 7.98. The highest BCUT2D eigenvalue weighted by Crippen LogP contribution is 2.46. The van der Waals surface area contributed by atoms with Crippen molar-refractivity contribution < 1.29 is 9.90 Å². The second-order valence-corrected chi connectivity index (χ2v) is 3.32. The summed E-state index contributed by atoms with van der Waals surface area (Å²) in [5.74, 6) is 0. The molecule has 1 amide bonds. The normalized spacial score (nSPS) is 18.5. The zero-order valence-corrected chi connectivity index (χ0v) is 7.59. The Labute approximate surface area is 72.7 Å². The maximum atomic E-state index is 10.7. The molecule has 68 valence electrons. The van der Waals surface area contributed by atoms with E-state index in [4.69, 9.17) is 0 Å². The fraction of sp³-hybridized carbons (Fsp3) is 0.667. The summed E-state index contributed by atoms with van der Waals surface area (Å²) in [6.07, 6.45) is 0.701. The number of rotatable bonds is 3. The number of nitrogens with zero attached hydrogens (tertiary/aromatic N) is 1. The Morgan fingerprint density at radius 2 is 2.17 bits per heavy atom. The van der Waals surface area contributed by atoms with Crippen LogP contribution in [0.4, 0.5) is 4.79 Å². The molecule has 0 heterocycles. The highest BCUT2D eigenvalue weighted by molar-refractivity contribution is 5.65. The van der Waals surface area contributed by atoms with Crippen LogP contribution in [0.1, 0.15) is 26.7 Å². The summed E-state index contributed by atoms with van der Waals surface area (Å²) < 4.78 is 0. The summed E-state index contributed by atoms with van der Waals surface area (Å²) in [6, 6.07) is 0. The maximum Gasteiger partial charge on any atom is 0.137 e. The molecular weight excluding hydrogens is 154 g/mol. The minimum atomic E-state index is -1.09. The molecule has 1 fully saturated rings. The SMILES string of the molecule is C=C(C)C1(N(CC)C(=O)[O-])CC1. The molecule has 0 unspecified atom stereocenters. The van der Waals surface area contributed by atoms with Crippen LogP contribution in [0.2, 0.25) is 0 Å². The number of hydrogen-bond donors (Lipinski definition) is 0. The summed E-state index contributed by atoms with van der Waals surface area (Å²) in [5.41, 5.74) is 0.640. The van der Waals surface area contributed by atoms with Gasteiger partial charge in [-0.3, -0.25) is 0 Å². The Morgan fingerprint density at radius 1 is 1.67 bits per heavy atom. The van der Waals surface area contributed by atoms with Gasteiger partial charge in [-0.1, -0.05) is 12.2 Å². The van der Waals surface area contributed by atoms with Crippen molar-refractivity contribution in [2.45, 2.75) is 32.2 Å². The Balaban J connectivity index is 2.78. The maximum absolute atomic E-state index is 10.7. The quantitative estimate of drug-likeness (QED) is 0.584. The number of carboxylic acid groups (broad SMARTS) is 1. The highest BCUT2D eigenvalue weighted by atomic mass is 16.4. The van der Waals surface area contributed by atoms with Gasteiger partial charge in [0.2, 0.25) is 0 Å². The molecule has 0 spiro atoms. The molecule has 1 rings (SSSR count). The van der Waals surface area contributed by atoms with Gasteiger partial charge in [-0.05, 0) is 26.7 Å². The highest BCUT2D eigenvalue weighted by Gasteiger charge is 2.48. The van der Waals surface area contributed by atoms with Crippen molar-refractivity contribution in [2.75, 3.05) is 6.54 Å². The Hall–Kier alpha value is -0.990. The minimum absolute atomic E-state index is 0.284. The van der Waals surface area contributed by atoms with Gasteiger partial charge in [0.05, 0.1) is 5.54 Å². The van der Waals surface area contributed by atoms with Crippen LogP contribution in [-0.4, -0.2) is 23.1 Å². The zero-order chi connectivity index (χ0) is 9.35. The first-order valence-corrected chi connectivity index (χ1v) is 4.19. The molecule has 0 aromatic rings. The monoisotopic (exact) mass is 168 g/mol. The smallest absolute Gasteiger partial charge is 0.137 e. The first-order valence-electron chi connectivity index (χ1n) is 4.19. The van der Waals surface area contributed by atoms with Gasteiger partial charge in [-0.25, -0.2) is 0 Å². The van der Waals surface area contributed by atoms with Crippen LogP contribution in [0.15, 0.2) is 12.2 Å². The lowest BCUT2D eigenvalue weighted by molar-refractivity contribution is -0.267. The minimum Gasteiger partial charge on any atom is -0.530 e. The van der Waals surface area contributed by atoms with Crippen LogP contribution in [0.3, 0.4) is 0 Å². The predicted octanol–water partition coefficient (Wildman–Crippen LogP) is 0.760. The van der Waals surface area contributed by atoms with Crippen LogP contribution in [0.5, 0.6) is 0 Å². The van der Waals surface area contributed by atoms with Crippen LogP contribution in [0, 0.1) is 0 Å². The van der Waals surface area contributed by atoms with Crippen molar-refractivity contribution in [3.8, 4) is 0 Å². The molecule has 1 aliphatic carbocycles. The third-order valence-electron chi connectivity index (χ3n) is 2.57. The van der Waals surface area contributed by atoms with E-state index in [1.165, 1.54) is 4.90 Å². The molecule has 0 aromatic carbocycles. The van der Waals surface area contributed by atoms with Crippen LogP contribution >= 0.6 is 0 Å². The molecule has 1 saturated carbocycles. The number of carbonyl (C=O) groups is 1. The summed E-state index contributed by atoms with van der Waals surface area (Å²) in [5, 5.41) is 10.7. The van der Waals surface area contributed by atoms with Crippen molar-refractivity contribution in [2.24, 2.45) is 0 Å². The molecule has 0 aromatic heterocycles. The molecule has 0 N–H and O–H groups in total. The van der Waals surface area contributed by atoms with Gasteiger partial charge in [0.1, 0.15) is 6.09 Å². The van der Waals surface area contributed by atoms with Crippen LogP contribution in [0.25, 0.3) is 0 Å². The molecule has 12 heavy (non-hydrogen) atoms. The lowest BCUT2D eigenvalue weighted by atomic mass is 10.1. The van der Waals surface area contributed by atoms with Crippen LogP contribution < -0.4 is 5.11 Å². The van der Waals surface area contributed by atoms with E-state index < -0.39 is 6.09 Å². The number of likely N-dealkylation sites (N-methyl/N-ethyl adjacent to an activating group) is 1. The summed E-state index contributed by atoms with van der Waals surface area (Å²) >= 11 is 0. The van der Waals surface area contributed by atoms with E-state index >= 15 is 0 Å². The van der Waals surface area contributed by atoms with E-state index in [0.29, 0.717) is 6.54 Å². The first-order chi connectivity index (χ1) is 5.54. The molecule has 1 aliphatic rings. The molecule has 0 atom stereocenters. The van der Waals surface area contributed by atoms with Crippen molar-refractivity contribution in [3.05, 3.63) is 12.2 Å². The van der Waals surface area contributed by atoms with Crippen molar-refractivity contribution in [1.82, 2.24) is 4.90 Å². The van der Waals surface area contributed by atoms with E-state index in [-0.39, 0.29) is 5.54 Å². The van der Waals surface area contributed by atoms with Gasteiger partial charge in [0.15, 0.2) is 0 Å². The zero-order valence-electron chi connectivity index (χ0n) is 7.59. The third-order valence-corrected chi connectivity index (χ3v) is 2.57. The molecule has 0 bridgehead atoms. The summed E-state index contributed by atoms with van der Waals surface area (Å²) in [4.78, 5) is 12.1. The van der Waals surface area contributed by atoms with E-state index in [1.807, 2.05) is 13.8 Å². The van der Waals surface area contributed by atoms with Crippen LogP contribution in [-0.2, 0) is 0 Å². The van der Waals surface area contributed by atoms with Gasteiger partial charge < -0.3 is 14.8 Å². The number of amides is 1. The Kier molecular flexibility index (Phi) is 2.13. The van der Waals surface area contributed by atoms with Gasteiger partial charge in [-0.15, -0.1) is 0 Å². The van der Waals surface area contributed by atoms with Crippen molar-refractivity contribution in [1.29, 1.82) is 0 Å². The molecular formula is C9H14NO2-. The fourth-order valence-corrected chi connectivity index (χ4v) is 1.65. The van der Waals surface area contributed by atoms with E-state index in [2.05, 4.69) is 6.58 Å². The second-order valence-electron chi connectivity index (χ2n) is 3.32. The largest absolute Gasteiger partial charge is 0.530 e. The topological polar surface area (TPSA) is 43.4 Å². The van der Waals surface area contributed by atoms with Crippen molar-refractivity contribution in [3.63, 3.8) is 0 Å².